The highest BCUT2D eigenvalue weighted by atomic mass is 19.1. The van der Waals surface area contributed by atoms with Gasteiger partial charge >= 0.3 is 0 Å². The molecular formula is C17H17FO3. The standard InChI is InChI=1S/C17H17FO3/c1-12(19)14-8-7-13(18)11-16(14)15-5-3-4-6-17(15)21-10-9-20-2/h3-8,11H,9-10H2,1-2H3. The van der Waals surface area contributed by atoms with Gasteiger partial charge in [0.15, 0.2) is 5.78 Å². The maximum Gasteiger partial charge on any atom is 0.160 e. The summed E-state index contributed by atoms with van der Waals surface area (Å²) in [7, 11) is 1.59. The fraction of sp³-hybridized carbons (Fsp3) is 0.235. The van der Waals surface area contributed by atoms with Crippen LogP contribution < -0.4 is 4.74 Å². The zero-order chi connectivity index (χ0) is 15.2. The summed E-state index contributed by atoms with van der Waals surface area (Å²) >= 11 is 0. The average Bonchev–Trinajstić information content (AvgIpc) is 2.47. The number of hydrogen-bond donors (Lipinski definition) is 0. The summed E-state index contributed by atoms with van der Waals surface area (Å²) in [5, 5.41) is 0. The Labute approximate surface area is 123 Å². The van der Waals surface area contributed by atoms with E-state index >= 15 is 0 Å². The Kier molecular flexibility index (Phi) is 5.06. The monoisotopic (exact) mass is 288 g/mol. The third-order valence-electron chi connectivity index (χ3n) is 3.08. The highest BCUT2D eigenvalue weighted by Crippen LogP contribution is 2.33. The van der Waals surface area contributed by atoms with Gasteiger partial charge in [0.25, 0.3) is 0 Å². The molecule has 0 amide bonds. The van der Waals surface area contributed by atoms with Gasteiger partial charge in [-0.25, -0.2) is 4.39 Å². The summed E-state index contributed by atoms with van der Waals surface area (Å²) in [5.41, 5.74) is 1.70. The number of halogens is 1. The fourth-order valence-electron chi connectivity index (χ4n) is 2.10. The maximum atomic E-state index is 13.6. The molecule has 2 aromatic rings. The van der Waals surface area contributed by atoms with Crippen molar-refractivity contribution < 1.29 is 18.7 Å². The Bertz CT molecular complexity index is 638. The molecule has 3 nitrogen and oxygen atoms in total. The second-order valence-electron chi connectivity index (χ2n) is 4.58. The molecule has 0 aliphatic carbocycles. The van der Waals surface area contributed by atoms with Crippen molar-refractivity contribution in [1.29, 1.82) is 0 Å². The zero-order valence-corrected chi connectivity index (χ0v) is 12.1. The number of benzene rings is 2. The third-order valence-corrected chi connectivity index (χ3v) is 3.08. The van der Waals surface area contributed by atoms with Crippen molar-refractivity contribution in [3.8, 4) is 16.9 Å². The van der Waals surface area contributed by atoms with Gasteiger partial charge in [-0.15, -0.1) is 0 Å². The first-order chi connectivity index (χ1) is 10.1. The minimum Gasteiger partial charge on any atom is -0.491 e. The Morgan fingerprint density at radius 1 is 1.10 bits per heavy atom. The number of carbonyl (C=O) groups is 1. The molecule has 0 fully saturated rings. The summed E-state index contributed by atoms with van der Waals surface area (Å²) in [5.74, 6) is 0.0982. The van der Waals surface area contributed by atoms with Gasteiger partial charge in [-0.2, -0.15) is 0 Å². The smallest absolute Gasteiger partial charge is 0.160 e. The van der Waals surface area contributed by atoms with Crippen molar-refractivity contribution in [2.45, 2.75) is 6.92 Å². The van der Waals surface area contributed by atoms with Crippen LogP contribution >= 0.6 is 0 Å². The Morgan fingerprint density at radius 2 is 1.86 bits per heavy atom. The molecule has 0 N–H and O–H groups in total. The lowest BCUT2D eigenvalue weighted by Crippen LogP contribution is -2.06. The van der Waals surface area contributed by atoms with Crippen molar-refractivity contribution in [2.24, 2.45) is 0 Å². The predicted octanol–water partition coefficient (Wildman–Crippen LogP) is 3.72. The lowest BCUT2D eigenvalue weighted by molar-refractivity contribution is 0.101. The molecule has 0 atom stereocenters. The van der Waals surface area contributed by atoms with E-state index in [0.717, 1.165) is 0 Å². The van der Waals surface area contributed by atoms with Crippen LogP contribution in [0.3, 0.4) is 0 Å². The molecule has 0 aliphatic rings. The first-order valence-electron chi connectivity index (χ1n) is 6.65. The quantitative estimate of drug-likeness (QED) is 0.600. The van der Waals surface area contributed by atoms with E-state index in [1.165, 1.54) is 25.1 Å². The molecule has 0 unspecified atom stereocenters. The van der Waals surface area contributed by atoms with Crippen LogP contribution in [-0.4, -0.2) is 26.1 Å². The minimum absolute atomic E-state index is 0.114. The molecule has 110 valence electrons. The number of ether oxygens (including phenoxy) is 2. The SMILES string of the molecule is COCCOc1ccccc1-c1cc(F)ccc1C(C)=O. The van der Waals surface area contributed by atoms with Gasteiger partial charge in [-0.1, -0.05) is 18.2 Å². The molecule has 4 heteroatoms. The van der Waals surface area contributed by atoms with E-state index in [0.29, 0.717) is 35.7 Å². The molecule has 0 heterocycles. The average molecular weight is 288 g/mol. The zero-order valence-electron chi connectivity index (χ0n) is 12.1. The van der Waals surface area contributed by atoms with Crippen molar-refractivity contribution in [1.82, 2.24) is 0 Å². The Morgan fingerprint density at radius 3 is 2.57 bits per heavy atom. The van der Waals surface area contributed by atoms with Gasteiger partial charge in [-0.05, 0) is 36.8 Å². The number of Topliss-reactive ketones (excluding diaryl/α,β-unsaturated/α-hetero) is 1. The second-order valence-corrected chi connectivity index (χ2v) is 4.58. The molecule has 0 saturated carbocycles. The molecule has 2 aromatic carbocycles. The molecule has 21 heavy (non-hydrogen) atoms. The largest absolute Gasteiger partial charge is 0.491 e. The molecule has 2 rings (SSSR count). The number of hydrogen-bond acceptors (Lipinski definition) is 3. The van der Waals surface area contributed by atoms with Crippen LogP contribution in [0, 0.1) is 5.82 Å². The van der Waals surface area contributed by atoms with Gasteiger partial charge < -0.3 is 9.47 Å². The first-order valence-corrected chi connectivity index (χ1v) is 6.65. The van der Waals surface area contributed by atoms with Gasteiger partial charge in [0.1, 0.15) is 18.2 Å². The molecule has 0 bridgehead atoms. The van der Waals surface area contributed by atoms with E-state index in [2.05, 4.69) is 0 Å². The second kappa shape index (κ2) is 6.99. The van der Waals surface area contributed by atoms with Gasteiger partial charge in [-0.3, -0.25) is 4.79 Å². The van der Waals surface area contributed by atoms with Crippen molar-refractivity contribution >= 4 is 5.78 Å². The molecule has 0 saturated heterocycles. The van der Waals surface area contributed by atoms with E-state index in [9.17, 15) is 9.18 Å². The van der Waals surface area contributed by atoms with Gasteiger partial charge in [0.05, 0.1) is 6.61 Å². The normalized spacial score (nSPS) is 10.4. The predicted molar refractivity (Wildman–Crippen MR) is 79.2 cm³/mol. The summed E-state index contributed by atoms with van der Waals surface area (Å²) in [6.45, 7) is 2.31. The number of para-hydroxylation sites is 1. The van der Waals surface area contributed by atoms with E-state index in [1.54, 1.807) is 13.2 Å². The van der Waals surface area contributed by atoms with Gasteiger partial charge in [0, 0.05) is 18.2 Å². The van der Waals surface area contributed by atoms with Crippen LogP contribution in [0.4, 0.5) is 4.39 Å². The molecule has 0 spiro atoms. The molecule has 0 aromatic heterocycles. The van der Waals surface area contributed by atoms with Crippen molar-refractivity contribution in [3.05, 3.63) is 53.8 Å². The lowest BCUT2D eigenvalue weighted by atomic mass is 9.96. The summed E-state index contributed by atoms with van der Waals surface area (Å²) in [6.07, 6.45) is 0. The highest BCUT2D eigenvalue weighted by molar-refractivity contribution is 6.01. The summed E-state index contributed by atoms with van der Waals surface area (Å²) in [4.78, 5) is 11.7. The van der Waals surface area contributed by atoms with Crippen LogP contribution in [0.1, 0.15) is 17.3 Å². The van der Waals surface area contributed by atoms with Crippen molar-refractivity contribution in [3.63, 3.8) is 0 Å². The van der Waals surface area contributed by atoms with Crippen LogP contribution in [-0.2, 0) is 4.74 Å². The first kappa shape index (κ1) is 15.2. The topological polar surface area (TPSA) is 35.5 Å². The Balaban J connectivity index is 2.46. The number of rotatable bonds is 6. The number of ketones is 1. The number of methoxy groups -OCH3 is 1. The van der Waals surface area contributed by atoms with Gasteiger partial charge in [0.2, 0.25) is 0 Å². The number of carbonyl (C=O) groups excluding carboxylic acids is 1. The molecule has 0 aliphatic heterocycles. The fourth-order valence-corrected chi connectivity index (χ4v) is 2.10. The van der Waals surface area contributed by atoms with E-state index in [-0.39, 0.29) is 11.6 Å². The highest BCUT2D eigenvalue weighted by Gasteiger charge is 2.14. The van der Waals surface area contributed by atoms with E-state index < -0.39 is 0 Å². The van der Waals surface area contributed by atoms with Crippen LogP contribution in [0.2, 0.25) is 0 Å². The van der Waals surface area contributed by atoms with Crippen molar-refractivity contribution in [2.75, 3.05) is 20.3 Å². The van der Waals surface area contributed by atoms with E-state index in [4.69, 9.17) is 9.47 Å². The summed E-state index contributed by atoms with van der Waals surface area (Å²) < 4.78 is 24.2. The lowest BCUT2D eigenvalue weighted by Gasteiger charge is -2.13. The van der Waals surface area contributed by atoms with E-state index in [1.807, 2.05) is 18.2 Å². The maximum absolute atomic E-state index is 13.6. The van der Waals surface area contributed by atoms with Crippen LogP contribution in [0.25, 0.3) is 11.1 Å². The van der Waals surface area contributed by atoms with Crippen LogP contribution in [0.5, 0.6) is 5.75 Å². The summed E-state index contributed by atoms with van der Waals surface area (Å²) in [6, 6.07) is 11.4. The Hall–Kier alpha value is -2.20. The third kappa shape index (κ3) is 3.67. The molecule has 0 radical (unpaired) electrons. The van der Waals surface area contributed by atoms with Crippen LogP contribution in [0.15, 0.2) is 42.5 Å². The molecular weight excluding hydrogens is 271 g/mol. The minimum atomic E-state index is -0.387.